The highest BCUT2D eigenvalue weighted by molar-refractivity contribution is 5.71. The molecule has 1 unspecified atom stereocenters. The van der Waals surface area contributed by atoms with Crippen LogP contribution in [-0.2, 0) is 9.53 Å². The van der Waals surface area contributed by atoms with E-state index in [1.807, 2.05) is 13.0 Å². The predicted octanol–water partition coefficient (Wildman–Crippen LogP) is 2.39. The van der Waals surface area contributed by atoms with Gasteiger partial charge in [-0.2, -0.15) is 0 Å². The van der Waals surface area contributed by atoms with Gasteiger partial charge in [0.05, 0.1) is 13.2 Å². The summed E-state index contributed by atoms with van der Waals surface area (Å²) < 4.78 is 5.01. The van der Waals surface area contributed by atoms with Crippen molar-refractivity contribution in [3.8, 4) is 0 Å². The predicted molar refractivity (Wildman–Crippen MR) is 66.6 cm³/mol. The molecule has 1 aliphatic rings. The molecule has 1 aromatic rings. The zero-order valence-corrected chi connectivity index (χ0v) is 10.3. The number of nitrogens with zero attached hydrogens (tertiary/aromatic N) is 1. The van der Waals surface area contributed by atoms with E-state index in [4.69, 9.17) is 4.74 Å². The first-order valence-corrected chi connectivity index (χ1v) is 6.26. The average Bonchev–Trinajstić information content (AvgIpc) is 2.78. The molecule has 0 bridgehead atoms. The maximum absolute atomic E-state index is 11.5. The summed E-state index contributed by atoms with van der Waals surface area (Å²) in [5, 5.41) is 0. The van der Waals surface area contributed by atoms with Crippen LogP contribution in [-0.4, -0.2) is 30.6 Å². The number of rotatable bonds is 4. The van der Waals surface area contributed by atoms with Gasteiger partial charge in [-0.3, -0.25) is 9.69 Å². The SMILES string of the molecule is CCOC(=O)CN1CCCC1c1ccccc1. The summed E-state index contributed by atoms with van der Waals surface area (Å²) in [6, 6.07) is 10.8. The molecule has 1 aromatic carbocycles. The highest BCUT2D eigenvalue weighted by atomic mass is 16.5. The quantitative estimate of drug-likeness (QED) is 0.748. The molecule has 17 heavy (non-hydrogen) atoms. The second-order valence-corrected chi connectivity index (χ2v) is 4.34. The third-order valence-corrected chi connectivity index (χ3v) is 3.19. The molecule has 0 amide bonds. The molecular weight excluding hydrogens is 214 g/mol. The van der Waals surface area contributed by atoms with E-state index in [0.717, 1.165) is 19.4 Å². The lowest BCUT2D eigenvalue weighted by Crippen LogP contribution is -2.30. The van der Waals surface area contributed by atoms with Crippen LogP contribution in [0.25, 0.3) is 0 Å². The van der Waals surface area contributed by atoms with Gasteiger partial charge in [-0.25, -0.2) is 0 Å². The van der Waals surface area contributed by atoms with Gasteiger partial charge in [0.25, 0.3) is 0 Å². The molecule has 2 rings (SSSR count). The van der Waals surface area contributed by atoms with Crippen LogP contribution in [0.2, 0.25) is 0 Å². The minimum atomic E-state index is -0.115. The second kappa shape index (κ2) is 5.82. The first-order chi connectivity index (χ1) is 8.31. The standard InChI is InChI=1S/C14H19NO2/c1-2-17-14(16)11-15-10-6-9-13(15)12-7-4-3-5-8-12/h3-5,7-8,13H,2,6,9-11H2,1H3. The Kier molecular flexibility index (Phi) is 4.15. The van der Waals surface area contributed by atoms with E-state index in [9.17, 15) is 4.79 Å². The smallest absolute Gasteiger partial charge is 0.320 e. The molecule has 0 spiro atoms. The van der Waals surface area contributed by atoms with Crippen LogP contribution in [0.1, 0.15) is 31.4 Å². The monoisotopic (exact) mass is 233 g/mol. The van der Waals surface area contributed by atoms with Gasteiger partial charge in [0.1, 0.15) is 0 Å². The van der Waals surface area contributed by atoms with Gasteiger partial charge in [0.15, 0.2) is 0 Å². The molecule has 3 nitrogen and oxygen atoms in total. The van der Waals surface area contributed by atoms with Crippen molar-refractivity contribution in [1.82, 2.24) is 4.90 Å². The van der Waals surface area contributed by atoms with Gasteiger partial charge in [-0.15, -0.1) is 0 Å². The molecule has 92 valence electrons. The number of benzene rings is 1. The molecule has 0 N–H and O–H groups in total. The van der Waals surface area contributed by atoms with Gasteiger partial charge >= 0.3 is 5.97 Å². The first kappa shape index (κ1) is 12.1. The van der Waals surface area contributed by atoms with Crippen molar-refractivity contribution in [1.29, 1.82) is 0 Å². The van der Waals surface area contributed by atoms with E-state index < -0.39 is 0 Å². The minimum absolute atomic E-state index is 0.115. The molecule has 3 heteroatoms. The van der Waals surface area contributed by atoms with Crippen LogP contribution in [0.4, 0.5) is 0 Å². The highest BCUT2D eigenvalue weighted by Gasteiger charge is 2.27. The largest absolute Gasteiger partial charge is 0.465 e. The number of esters is 1. The summed E-state index contributed by atoms with van der Waals surface area (Å²) in [5.74, 6) is -0.115. The van der Waals surface area contributed by atoms with E-state index in [-0.39, 0.29) is 5.97 Å². The van der Waals surface area contributed by atoms with E-state index in [1.54, 1.807) is 0 Å². The Morgan fingerprint density at radius 3 is 2.88 bits per heavy atom. The van der Waals surface area contributed by atoms with Gasteiger partial charge in [0.2, 0.25) is 0 Å². The van der Waals surface area contributed by atoms with Crippen LogP contribution in [0.5, 0.6) is 0 Å². The molecule has 1 saturated heterocycles. The maximum atomic E-state index is 11.5. The summed E-state index contributed by atoms with van der Waals surface area (Å²) in [5.41, 5.74) is 1.30. The third kappa shape index (κ3) is 3.07. The fourth-order valence-corrected chi connectivity index (χ4v) is 2.44. The first-order valence-electron chi connectivity index (χ1n) is 6.26. The fourth-order valence-electron chi connectivity index (χ4n) is 2.44. The van der Waals surface area contributed by atoms with E-state index in [0.29, 0.717) is 19.2 Å². The van der Waals surface area contributed by atoms with Gasteiger partial charge in [-0.05, 0) is 31.9 Å². The Morgan fingerprint density at radius 1 is 1.41 bits per heavy atom. The van der Waals surface area contributed by atoms with Crippen molar-refractivity contribution in [3.05, 3.63) is 35.9 Å². The zero-order chi connectivity index (χ0) is 12.1. The lowest BCUT2D eigenvalue weighted by atomic mass is 10.0. The van der Waals surface area contributed by atoms with Crippen LogP contribution >= 0.6 is 0 Å². The van der Waals surface area contributed by atoms with Crippen LogP contribution < -0.4 is 0 Å². The third-order valence-electron chi connectivity index (χ3n) is 3.19. The summed E-state index contributed by atoms with van der Waals surface area (Å²) in [4.78, 5) is 13.7. The lowest BCUT2D eigenvalue weighted by molar-refractivity contribution is -0.144. The van der Waals surface area contributed by atoms with Gasteiger partial charge < -0.3 is 4.74 Å². The van der Waals surface area contributed by atoms with E-state index in [1.165, 1.54) is 5.56 Å². The van der Waals surface area contributed by atoms with Crippen LogP contribution in [0.3, 0.4) is 0 Å². The van der Waals surface area contributed by atoms with E-state index in [2.05, 4.69) is 29.2 Å². The fraction of sp³-hybridized carbons (Fsp3) is 0.500. The molecule has 1 fully saturated rings. The van der Waals surface area contributed by atoms with Crippen molar-refractivity contribution in [2.24, 2.45) is 0 Å². The van der Waals surface area contributed by atoms with Gasteiger partial charge in [0, 0.05) is 6.04 Å². The molecule has 0 aliphatic carbocycles. The van der Waals surface area contributed by atoms with Gasteiger partial charge in [-0.1, -0.05) is 30.3 Å². The van der Waals surface area contributed by atoms with Crippen LogP contribution in [0.15, 0.2) is 30.3 Å². The van der Waals surface area contributed by atoms with Crippen molar-refractivity contribution >= 4 is 5.97 Å². The summed E-state index contributed by atoms with van der Waals surface area (Å²) >= 11 is 0. The molecule has 1 atom stereocenters. The topological polar surface area (TPSA) is 29.5 Å². The zero-order valence-electron chi connectivity index (χ0n) is 10.3. The number of ether oxygens (including phenoxy) is 1. The maximum Gasteiger partial charge on any atom is 0.320 e. The molecule has 0 aromatic heterocycles. The number of carbonyl (C=O) groups is 1. The number of hydrogen-bond acceptors (Lipinski definition) is 3. The number of hydrogen-bond donors (Lipinski definition) is 0. The summed E-state index contributed by atoms with van der Waals surface area (Å²) in [6.07, 6.45) is 2.28. The van der Waals surface area contributed by atoms with Crippen molar-refractivity contribution in [3.63, 3.8) is 0 Å². The number of carbonyl (C=O) groups excluding carboxylic acids is 1. The van der Waals surface area contributed by atoms with Crippen molar-refractivity contribution < 1.29 is 9.53 Å². The van der Waals surface area contributed by atoms with E-state index >= 15 is 0 Å². The molecule has 1 aliphatic heterocycles. The van der Waals surface area contributed by atoms with Crippen molar-refractivity contribution in [2.75, 3.05) is 19.7 Å². The Bertz CT molecular complexity index is 364. The molecule has 0 saturated carbocycles. The Morgan fingerprint density at radius 2 is 2.18 bits per heavy atom. The minimum Gasteiger partial charge on any atom is -0.465 e. The highest BCUT2D eigenvalue weighted by Crippen LogP contribution is 2.31. The Balaban J connectivity index is 2.00. The Labute approximate surface area is 102 Å². The second-order valence-electron chi connectivity index (χ2n) is 4.34. The number of likely N-dealkylation sites (tertiary alicyclic amines) is 1. The van der Waals surface area contributed by atoms with Crippen molar-refractivity contribution in [2.45, 2.75) is 25.8 Å². The van der Waals surface area contributed by atoms with Crippen LogP contribution in [0, 0.1) is 0 Å². The average molecular weight is 233 g/mol. The molecule has 0 radical (unpaired) electrons. The normalized spacial score (nSPS) is 20.4. The summed E-state index contributed by atoms with van der Waals surface area (Å²) in [7, 11) is 0. The lowest BCUT2D eigenvalue weighted by Gasteiger charge is -2.23. The Hall–Kier alpha value is -1.35. The molecule has 1 heterocycles. The molecular formula is C14H19NO2. The summed E-state index contributed by atoms with van der Waals surface area (Å²) in [6.45, 7) is 3.70.